The lowest BCUT2D eigenvalue weighted by molar-refractivity contribution is 0.0383. The van der Waals surface area contributed by atoms with Gasteiger partial charge in [-0.2, -0.15) is 0 Å². The number of benzene rings is 1. The summed E-state index contributed by atoms with van der Waals surface area (Å²) in [5, 5.41) is 2.86. The van der Waals surface area contributed by atoms with E-state index >= 15 is 0 Å². The third kappa shape index (κ3) is 5.19. The van der Waals surface area contributed by atoms with E-state index < -0.39 is 10.0 Å². The Balaban J connectivity index is 1.91. The minimum Gasteiger partial charge on any atom is -0.379 e. The van der Waals surface area contributed by atoms with Gasteiger partial charge in [0.15, 0.2) is 0 Å². The number of rotatable bonds is 6. The zero-order chi connectivity index (χ0) is 16.9. The standard InChI is InChI=1S/C15H23N3O4S/c1-17(23(2,20)21)14-5-3-4-13(12-14)15(19)16-6-7-18-8-10-22-11-9-18/h3-5,12H,6-11H2,1-2H3,(H,16,19). The van der Waals surface area contributed by atoms with Crippen molar-refractivity contribution in [3.05, 3.63) is 29.8 Å². The van der Waals surface area contributed by atoms with Crippen molar-refractivity contribution < 1.29 is 17.9 Å². The molecule has 7 nitrogen and oxygen atoms in total. The summed E-state index contributed by atoms with van der Waals surface area (Å²) < 4.78 is 29.6. The van der Waals surface area contributed by atoms with Crippen molar-refractivity contribution in [3.8, 4) is 0 Å². The number of hydrogen-bond donors (Lipinski definition) is 1. The molecule has 8 heteroatoms. The molecule has 0 aromatic heterocycles. The van der Waals surface area contributed by atoms with E-state index in [0.717, 1.165) is 43.4 Å². The van der Waals surface area contributed by atoms with E-state index in [2.05, 4.69) is 10.2 Å². The molecule has 1 heterocycles. The van der Waals surface area contributed by atoms with Gasteiger partial charge < -0.3 is 10.1 Å². The van der Waals surface area contributed by atoms with Crippen LogP contribution in [-0.2, 0) is 14.8 Å². The monoisotopic (exact) mass is 341 g/mol. The van der Waals surface area contributed by atoms with Crippen molar-refractivity contribution in [2.75, 3.05) is 57.0 Å². The first kappa shape index (κ1) is 17.7. The van der Waals surface area contributed by atoms with E-state index in [0.29, 0.717) is 17.8 Å². The highest BCUT2D eigenvalue weighted by Crippen LogP contribution is 2.17. The normalized spacial score (nSPS) is 16.1. The molecular weight excluding hydrogens is 318 g/mol. The molecule has 0 atom stereocenters. The Labute approximate surface area is 137 Å². The molecule has 0 aliphatic carbocycles. The van der Waals surface area contributed by atoms with E-state index in [1.54, 1.807) is 24.3 Å². The van der Waals surface area contributed by atoms with Crippen molar-refractivity contribution in [3.63, 3.8) is 0 Å². The second kappa shape index (κ2) is 7.76. The van der Waals surface area contributed by atoms with Gasteiger partial charge in [0.05, 0.1) is 25.2 Å². The zero-order valence-electron chi connectivity index (χ0n) is 13.5. The summed E-state index contributed by atoms with van der Waals surface area (Å²) in [7, 11) is -1.88. The molecule has 23 heavy (non-hydrogen) atoms. The number of hydrogen-bond acceptors (Lipinski definition) is 5. The fourth-order valence-corrected chi connectivity index (χ4v) is 2.79. The topological polar surface area (TPSA) is 79.0 Å². The maximum Gasteiger partial charge on any atom is 0.251 e. The molecule has 1 N–H and O–H groups in total. The lowest BCUT2D eigenvalue weighted by atomic mass is 10.2. The van der Waals surface area contributed by atoms with Crippen LogP contribution in [0, 0.1) is 0 Å². The van der Waals surface area contributed by atoms with Crippen molar-refractivity contribution >= 4 is 21.6 Å². The van der Waals surface area contributed by atoms with Crippen LogP contribution in [-0.4, -0.2) is 71.9 Å². The molecular formula is C15H23N3O4S. The Morgan fingerprint density at radius 1 is 1.35 bits per heavy atom. The number of amides is 1. The summed E-state index contributed by atoms with van der Waals surface area (Å²) >= 11 is 0. The first-order valence-electron chi connectivity index (χ1n) is 7.50. The number of nitrogens with one attached hydrogen (secondary N) is 1. The number of ether oxygens (including phenoxy) is 1. The summed E-state index contributed by atoms with van der Waals surface area (Å²) in [4.78, 5) is 14.4. The Hall–Kier alpha value is -1.64. The van der Waals surface area contributed by atoms with E-state index in [9.17, 15) is 13.2 Å². The number of morpholine rings is 1. The summed E-state index contributed by atoms with van der Waals surface area (Å²) in [6.45, 7) is 4.54. The number of sulfonamides is 1. The minimum absolute atomic E-state index is 0.206. The largest absolute Gasteiger partial charge is 0.379 e. The van der Waals surface area contributed by atoms with Crippen LogP contribution in [0.4, 0.5) is 5.69 Å². The van der Waals surface area contributed by atoms with Crippen LogP contribution in [0.15, 0.2) is 24.3 Å². The first-order chi connectivity index (χ1) is 10.9. The second-order valence-corrected chi connectivity index (χ2v) is 7.50. The summed E-state index contributed by atoms with van der Waals surface area (Å²) in [6, 6.07) is 6.58. The van der Waals surface area contributed by atoms with Gasteiger partial charge >= 0.3 is 0 Å². The predicted molar refractivity (Wildman–Crippen MR) is 89.3 cm³/mol. The molecule has 1 saturated heterocycles. The van der Waals surface area contributed by atoms with E-state index in [-0.39, 0.29) is 5.91 Å². The zero-order valence-corrected chi connectivity index (χ0v) is 14.3. The van der Waals surface area contributed by atoms with E-state index in [1.165, 1.54) is 7.05 Å². The molecule has 1 amide bonds. The van der Waals surface area contributed by atoms with Gasteiger partial charge in [0.25, 0.3) is 5.91 Å². The SMILES string of the molecule is CN(c1cccc(C(=O)NCCN2CCOCC2)c1)S(C)(=O)=O. The molecule has 0 bridgehead atoms. The fourth-order valence-electron chi connectivity index (χ4n) is 2.29. The Morgan fingerprint density at radius 3 is 2.70 bits per heavy atom. The Kier molecular flexibility index (Phi) is 5.97. The maximum atomic E-state index is 12.2. The average molecular weight is 341 g/mol. The molecule has 1 aromatic carbocycles. The van der Waals surface area contributed by atoms with Crippen LogP contribution in [0.2, 0.25) is 0 Å². The third-order valence-corrected chi connectivity index (χ3v) is 4.99. The lowest BCUT2D eigenvalue weighted by Crippen LogP contribution is -2.41. The van der Waals surface area contributed by atoms with Gasteiger partial charge in [-0.25, -0.2) is 8.42 Å². The van der Waals surface area contributed by atoms with Crippen molar-refractivity contribution in [1.29, 1.82) is 0 Å². The predicted octanol–water partition coefficient (Wildman–Crippen LogP) is 0.144. The van der Waals surface area contributed by atoms with E-state index in [1.807, 2.05) is 0 Å². The highest BCUT2D eigenvalue weighted by atomic mass is 32.2. The number of carbonyl (C=O) groups excluding carboxylic acids is 1. The minimum atomic E-state index is -3.35. The molecule has 0 saturated carbocycles. The van der Waals surface area contributed by atoms with Crippen LogP contribution >= 0.6 is 0 Å². The average Bonchev–Trinajstić information content (AvgIpc) is 2.54. The fraction of sp³-hybridized carbons (Fsp3) is 0.533. The van der Waals surface area contributed by atoms with Crippen molar-refractivity contribution in [2.24, 2.45) is 0 Å². The van der Waals surface area contributed by atoms with Crippen LogP contribution in [0.25, 0.3) is 0 Å². The maximum absolute atomic E-state index is 12.2. The van der Waals surface area contributed by atoms with Gasteiger partial charge in [0.2, 0.25) is 10.0 Å². The van der Waals surface area contributed by atoms with E-state index in [4.69, 9.17) is 4.74 Å². The molecule has 1 aliphatic rings. The van der Waals surface area contributed by atoms with Crippen molar-refractivity contribution in [1.82, 2.24) is 10.2 Å². The van der Waals surface area contributed by atoms with Gasteiger partial charge in [0.1, 0.15) is 0 Å². The van der Waals surface area contributed by atoms with Crippen LogP contribution in [0.5, 0.6) is 0 Å². The molecule has 2 rings (SSSR count). The second-order valence-electron chi connectivity index (χ2n) is 5.49. The quantitative estimate of drug-likeness (QED) is 0.796. The summed E-state index contributed by atoms with van der Waals surface area (Å²) in [5.41, 5.74) is 0.910. The highest BCUT2D eigenvalue weighted by Gasteiger charge is 2.14. The molecule has 0 unspecified atom stereocenters. The van der Waals surface area contributed by atoms with Crippen molar-refractivity contribution in [2.45, 2.75) is 0 Å². The number of nitrogens with zero attached hydrogens (tertiary/aromatic N) is 2. The Bertz CT molecular complexity index is 642. The summed E-state index contributed by atoms with van der Waals surface area (Å²) in [6.07, 6.45) is 1.13. The Morgan fingerprint density at radius 2 is 2.04 bits per heavy atom. The van der Waals surface area contributed by atoms with Crippen LogP contribution in [0.3, 0.4) is 0 Å². The van der Waals surface area contributed by atoms with Gasteiger partial charge in [-0.3, -0.25) is 14.0 Å². The summed E-state index contributed by atoms with van der Waals surface area (Å²) in [5.74, 6) is -0.206. The van der Waals surface area contributed by atoms with Crippen LogP contribution in [0.1, 0.15) is 10.4 Å². The van der Waals surface area contributed by atoms with Crippen LogP contribution < -0.4 is 9.62 Å². The molecule has 0 radical (unpaired) electrons. The molecule has 1 aliphatic heterocycles. The molecule has 1 fully saturated rings. The highest BCUT2D eigenvalue weighted by molar-refractivity contribution is 7.92. The number of anilines is 1. The number of carbonyl (C=O) groups is 1. The van der Waals surface area contributed by atoms with Gasteiger partial charge in [0, 0.05) is 38.8 Å². The molecule has 0 spiro atoms. The lowest BCUT2D eigenvalue weighted by Gasteiger charge is -2.26. The first-order valence-corrected chi connectivity index (χ1v) is 9.35. The smallest absolute Gasteiger partial charge is 0.251 e. The van der Waals surface area contributed by atoms with Gasteiger partial charge in [-0.1, -0.05) is 6.07 Å². The molecule has 128 valence electrons. The molecule has 1 aromatic rings. The van der Waals surface area contributed by atoms with Gasteiger partial charge in [-0.15, -0.1) is 0 Å². The third-order valence-electron chi connectivity index (χ3n) is 3.79. The van der Waals surface area contributed by atoms with Gasteiger partial charge in [-0.05, 0) is 18.2 Å².